The van der Waals surface area contributed by atoms with Gasteiger partial charge in [-0.1, -0.05) is 37.6 Å². The molecule has 0 bridgehead atoms. The van der Waals surface area contributed by atoms with E-state index in [1.165, 1.54) is 0 Å². The molecular weight excluding hydrogens is 334 g/mol. The molecule has 4 N–H and O–H groups in total. The van der Waals surface area contributed by atoms with Crippen molar-refractivity contribution in [2.75, 3.05) is 22.6 Å². The van der Waals surface area contributed by atoms with E-state index in [2.05, 4.69) is 25.9 Å². The van der Waals surface area contributed by atoms with Crippen LogP contribution < -0.4 is 16.0 Å². The Balaban J connectivity index is 2.25. The molecule has 1 aromatic heterocycles. The van der Waals surface area contributed by atoms with Gasteiger partial charge in [-0.25, -0.2) is 0 Å². The first-order valence-corrected chi connectivity index (χ1v) is 7.96. The lowest BCUT2D eigenvalue weighted by Crippen LogP contribution is -2.22. The number of carbonyl (C=O) groups excluding carboxylic acids is 2. The number of aromatic nitrogens is 2. The lowest BCUT2D eigenvalue weighted by molar-refractivity contribution is -0.119. The molecule has 2 unspecified atom stereocenters. The van der Waals surface area contributed by atoms with E-state index in [1.54, 1.807) is 13.8 Å². The third-order valence-electron chi connectivity index (χ3n) is 3.56. The van der Waals surface area contributed by atoms with E-state index in [1.807, 2.05) is 12.2 Å². The van der Waals surface area contributed by atoms with Gasteiger partial charge in [0.15, 0.2) is 11.0 Å². The van der Waals surface area contributed by atoms with E-state index < -0.39 is 0 Å². The van der Waals surface area contributed by atoms with Gasteiger partial charge >= 0.3 is 0 Å². The number of rotatable bonds is 7. The Morgan fingerprint density at radius 2 is 2.21 bits per heavy atom. The van der Waals surface area contributed by atoms with Gasteiger partial charge in [0, 0.05) is 24.5 Å². The maximum atomic E-state index is 11.8. The second-order valence-electron chi connectivity index (χ2n) is 5.78. The lowest BCUT2D eigenvalue weighted by atomic mass is 10.1. The summed E-state index contributed by atoms with van der Waals surface area (Å²) >= 11 is 6.10. The van der Waals surface area contributed by atoms with Gasteiger partial charge in [-0.2, -0.15) is 9.97 Å². The van der Waals surface area contributed by atoms with Crippen LogP contribution in [0.15, 0.2) is 12.2 Å². The molecule has 24 heavy (non-hydrogen) atoms. The van der Waals surface area contributed by atoms with Gasteiger partial charge in [0.25, 0.3) is 0 Å². The summed E-state index contributed by atoms with van der Waals surface area (Å²) in [5, 5.41) is 17.4. The van der Waals surface area contributed by atoms with E-state index >= 15 is 0 Å². The molecule has 0 radical (unpaired) electrons. The van der Waals surface area contributed by atoms with Crippen molar-refractivity contribution in [3.63, 3.8) is 0 Å². The van der Waals surface area contributed by atoms with Crippen molar-refractivity contribution in [1.82, 2.24) is 9.97 Å². The number of aliphatic hydroxyl groups is 1. The molecule has 0 fully saturated rings. The maximum Gasteiger partial charge on any atom is 0.232 e. The fourth-order valence-electron chi connectivity index (χ4n) is 2.23. The summed E-state index contributed by atoms with van der Waals surface area (Å²) in [5.74, 6) is -0.0519. The number of halogens is 1. The number of aliphatic hydroxyl groups excluding tert-OH is 1. The normalized spacial score (nSPS) is 19.4. The summed E-state index contributed by atoms with van der Waals surface area (Å²) in [5.41, 5.74) is 0.232. The lowest BCUT2D eigenvalue weighted by Gasteiger charge is -2.17. The molecule has 2 atom stereocenters. The number of nitrogens with zero attached hydrogens (tertiary/aromatic N) is 2. The maximum absolute atomic E-state index is 11.8. The number of anilines is 3. The molecule has 1 aliphatic carbocycles. The van der Waals surface area contributed by atoms with Crippen LogP contribution >= 0.6 is 11.6 Å². The van der Waals surface area contributed by atoms with E-state index in [-0.39, 0.29) is 47.2 Å². The Morgan fingerprint density at radius 1 is 1.46 bits per heavy atom. The van der Waals surface area contributed by atoms with Crippen LogP contribution in [0.2, 0.25) is 5.15 Å². The molecule has 1 aromatic rings. The average molecular weight is 354 g/mol. The van der Waals surface area contributed by atoms with Gasteiger partial charge in [0.2, 0.25) is 18.3 Å². The minimum atomic E-state index is -0.241. The molecule has 1 aliphatic rings. The number of amides is 2. The van der Waals surface area contributed by atoms with Gasteiger partial charge in [-0.05, 0) is 6.42 Å². The highest BCUT2D eigenvalue weighted by Crippen LogP contribution is 2.30. The first kappa shape index (κ1) is 18.2. The monoisotopic (exact) mass is 353 g/mol. The van der Waals surface area contributed by atoms with Crippen LogP contribution in [0.5, 0.6) is 0 Å². The predicted molar refractivity (Wildman–Crippen MR) is 91.9 cm³/mol. The van der Waals surface area contributed by atoms with Crippen molar-refractivity contribution < 1.29 is 14.7 Å². The van der Waals surface area contributed by atoms with Crippen molar-refractivity contribution in [3.8, 4) is 0 Å². The Bertz CT molecular complexity index is 650. The van der Waals surface area contributed by atoms with Crippen LogP contribution in [0.1, 0.15) is 20.3 Å². The van der Waals surface area contributed by atoms with E-state index in [0.717, 1.165) is 0 Å². The Morgan fingerprint density at radius 3 is 2.79 bits per heavy atom. The van der Waals surface area contributed by atoms with Gasteiger partial charge in [0.05, 0.1) is 0 Å². The molecule has 0 aromatic carbocycles. The summed E-state index contributed by atoms with van der Waals surface area (Å²) in [6.07, 6.45) is 4.98. The highest BCUT2D eigenvalue weighted by atomic mass is 35.5. The van der Waals surface area contributed by atoms with Crippen molar-refractivity contribution in [2.45, 2.75) is 26.3 Å². The first-order chi connectivity index (χ1) is 11.4. The fraction of sp³-hybridized carbons (Fsp3) is 0.467. The number of hydrogen-bond donors (Lipinski definition) is 4. The standard InChI is InChI=1S/C15H20ClN5O3/c1-8(2)14(24)21-15-19-12(16)11(17-7-23)13(20-15)18-10-4-3-9(5-10)6-22/h3-4,7-10,22H,5-6H2,1-2H3,(H,17,23)(H2,18,19,20,21,24). The second-order valence-corrected chi connectivity index (χ2v) is 6.14. The zero-order valence-electron chi connectivity index (χ0n) is 13.4. The van der Waals surface area contributed by atoms with Crippen LogP contribution in [-0.4, -0.2) is 40.0 Å². The summed E-state index contributed by atoms with van der Waals surface area (Å²) in [4.78, 5) is 30.8. The topological polar surface area (TPSA) is 116 Å². The Kier molecular flexibility index (Phi) is 6.10. The molecule has 0 aliphatic heterocycles. The molecule has 2 amide bonds. The average Bonchev–Trinajstić information content (AvgIpc) is 2.98. The molecule has 0 saturated heterocycles. The molecule has 0 saturated carbocycles. The summed E-state index contributed by atoms with van der Waals surface area (Å²) in [6.45, 7) is 3.56. The molecule has 8 nitrogen and oxygen atoms in total. The third kappa shape index (κ3) is 4.42. The predicted octanol–water partition coefficient (Wildman–Crippen LogP) is 1.64. The summed E-state index contributed by atoms with van der Waals surface area (Å²) < 4.78 is 0. The summed E-state index contributed by atoms with van der Waals surface area (Å²) in [6, 6.07) is -0.0750. The van der Waals surface area contributed by atoms with E-state index in [0.29, 0.717) is 18.6 Å². The van der Waals surface area contributed by atoms with E-state index in [4.69, 9.17) is 11.6 Å². The molecule has 130 valence electrons. The van der Waals surface area contributed by atoms with Gasteiger partial charge in [-0.3, -0.25) is 14.9 Å². The van der Waals surface area contributed by atoms with Crippen LogP contribution in [0, 0.1) is 11.8 Å². The fourth-order valence-corrected chi connectivity index (χ4v) is 2.45. The van der Waals surface area contributed by atoms with Crippen LogP contribution in [0.25, 0.3) is 0 Å². The van der Waals surface area contributed by atoms with Gasteiger partial charge < -0.3 is 15.7 Å². The van der Waals surface area contributed by atoms with Crippen molar-refractivity contribution in [2.24, 2.45) is 11.8 Å². The molecule has 2 rings (SSSR count). The van der Waals surface area contributed by atoms with E-state index in [9.17, 15) is 14.7 Å². The SMILES string of the molecule is CC(C)C(=O)Nc1nc(Cl)c(NC=O)c(NC2C=CC(CO)C2)n1. The summed E-state index contributed by atoms with van der Waals surface area (Å²) in [7, 11) is 0. The third-order valence-corrected chi connectivity index (χ3v) is 3.83. The molecule has 9 heteroatoms. The smallest absolute Gasteiger partial charge is 0.232 e. The first-order valence-electron chi connectivity index (χ1n) is 7.58. The number of nitrogens with one attached hydrogen (secondary N) is 3. The Hall–Kier alpha value is -2.19. The van der Waals surface area contributed by atoms with Crippen LogP contribution in [-0.2, 0) is 9.59 Å². The molecular formula is C15H20ClN5O3. The molecule has 1 heterocycles. The van der Waals surface area contributed by atoms with Crippen molar-refractivity contribution in [3.05, 3.63) is 17.3 Å². The second kappa shape index (κ2) is 8.07. The number of carbonyl (C=O) groups is 2. The molecule has 0 spiro atoms. The van der Waals surface area contributed by atoms with Crippen LogP contribution in [0.3, 0.4) is 0 Å². The minimum Gasteiger partial charge on any atom is -0.396 e. The van der Waals surface area contributed by atoms with Gasteiger partial charge in [0.1, 0.15) is 5.69 Å². The van der Waals surface area contributed by atoms with Crippen LogP contribution in [0.4, 0.5) is 17.5 Å². The largest absolute Gasteiger partial charge is 0.396 e. The number of hydrogen-bond acceptors (Lipinski definition) is 6. The van der Waals surface area contributed by atoms with Gasteiger partial charge in [-0.15, -0.1) is 0 Å². The quantitative estimate of drug-likeness (QED) is 0.336. The zero-order valence-corrected chi connectivity index (χ0v) is 14.2. The van der Waals surface area contributed by atoms with Crippen molar-refractivity contribution in [1.29, 1.82) is 0 Å². The van der Waals surface area contributed by atoms with Crippen molar-refractivity contribution >= 4 is 41.4 Å². The highest BCUT2D eigenvalue weighted by molar-refractivity contribution is 6.33. The Labute approximate surface area is 144 Å². The minimum absolute atomic E-state index is 0.0133. The highest BCUT2D eigenvalue weighted by Gasteiger charge is 2.22. The zero-order chi connectivity index (χ0) is 17.7.